The molecule has 1 aliphatic carbocycles. The van der Waals surface area contributed by atoms with Crippen LogP contribution in [0.2, 0.25) is 5.02 Å². The number of nitrogens with zero attached hydrogens (tertiary/aromatic N) is 4. The SMILES string of the molecule is O=C(NCC(c1scnc1C1CC1)N1CCC(F)(P)CC1)c1cc(-c2ncc(F)cn2)ccc1Cl. The van der Waals surface area contributed by atoms with Crippen molar-refractivity contribution in [3.8, 4) is 11.4 Å². The van der Waals surface area contributed by atoms with Gasteiger partial charge in [0.25, 0.3) is 5.91 Å². The molecule has 1 N–H and O–H groups in total. The lowest BCUT2D eigenvalue weighted by Gasteiger charge is -2.39. The minimum Gasteiger partial charge on any atom is -0.350 e. The van der Waals surface area contributed by atoms with Crippen molar-refractivity contribution in [1.82, 2.24) is 25.2 Å². The molecule has 3 aromatic rings. The van der Waals surface area contributed by atoms with Gasteiger partial charge in [-0.1, -0.05) is 20.8 Å². The summed E-state index contributed by atoms with van der Waals surface area (Å²) in [6.07, 6.45) is 5.25. The Labute approximate surface area is 213 Å². The fourth-order valence-corrected chi connectivity index (χ4v) is 5.83. The number of piperidine rings is 1. The van der Waals surface area contributed by atoms with Crippen LogP contribution in [0, 0.1) is 5.82 Å². The van der Waals surface area contributed by atoms with Crippen LogP contribution in [0.3, 0.4) is 0 Å². The summed E-state index contributed by atoms with van der Waals surface area (Å²) < 4.78 is 27.7. The van der Waals surface area contributed by atoms with Crippen molar-refractivity contribution in [1.29, 1.82) is 0 Å². The number of amides is 1. The fraction of sp³-hybridized carbons (Fsp3) is 0.417. The second-order valence-corrected chi connectivity index (χ2v) is 11.4. The molecule has 1 aromatic carbocycles. The summed E-state index contributed by atoms with van der Waals surface area (Å²) in [7, 11) is 2.33. The molecule has 2 aliphatic rings. The molecule has 0 spiro atoms. The average molecular weight is 536 g/mol. The Balaban J connectivity index is 1.36. The first-order valence-corrected chi connectivity index (χ1v) is 13.3. The zero-order valence-electron chi connectivity index (χ0n) is 18.9. The van der Waals surface area contributed by atoms with E-state index in [1.165, 1.54) is 0 Å². The molecule has 5 rings (SSSR count). The number of thiazole rings is 1. The molecule has 1 saturated carbocycles. The average Bonchev–Trinajstić information content (AvgIpc) is 3.58. The molecule has 2 unspecified atom stereocenters. The Morgan fingerprint density at radius 1 is 1.26 bits per heavy atom. The van der Waals surface area contributed by atoms with E-state index in [-0.39, 0.29) is 17.5 Å². The quantitative estimate of drug-likeness (QED) is 0.411. The van der Waals surface area contributed by atoms with E-state index in [2.05, 4.69) is 34.4 Å². The van der Waals surface area contributed by atoms with Crippen molar-refractivity contribution in [2.24, 2.45) is 0 Å². The Morgan fingerprint density at radius 3 is 2.66 bits per heavy atom. The first-order valence-electron chi connectivity index (χ1n) is 11.5. The van der Waals surface area contributed by atoms with Gasteiger partial charge in [-0.2, -0.15) is 0 Å². The number of nitrogens with one attached hydrogen (secondary N) is 1. The molecule has 1 amide bonds. The van der Waals surface area contributed by atoms with E-state index < -0.39 is 11.2 Å². The highest BCUT2D eigenvalue weighted by atomic mass is 35.5. The highest BCUT2D eigenvalue weighted by Crippen LogP contribution is 2.45. The van der Waals surface area contributed by atoms with E-state index in [1.54, 1.807) is 29.5 Å². The lowest BCUT2D eigenvalue weighted by Crippen LogP contribution is -2.44. The normalized spacial score (nSPS) is 18.9. The second-order valence-electron chi connectivity index (χ2n) is 9.09. The van der Waals surface area contributed by atoms with Crippen LogP contribution in [0.15, 0.2) is 36.1 Å². The number of hydrogen-bond acceptors (Lipinski definition) is 6. The summed E-state index contributed by atoms with van der Waals surface area (Å²) in [6, 6.07) is 4.81. The predicted molar refractivity (Wildman–Crippen MR) is 136 cm³/mol. The number of likely N-dealkylation sites (tertiary alicyclic amines) is 1. The Hall–Kier alpha value is -2.06. The molecule has 35 heavy (non-hydrogen) atoms. The van der Waals surface area contributed by atoms with Gasteiger partial charge in [0.2, 0.25) is 0 Å². The van der Waals surface area contributed by atoms with Gasteiger partial charge in [0.15, 0.2) is 11.6 Å². The molecule has 0 bridgehead atoms. The molecule has 1 saturated heterocycles. The highest BCUT2D eigenvalue weighted by molar-refractivity contribution is 7.18. The van der Waals surface area contributed by atoms with Gasteiger partial charge in [0.1, 0.15) is 5.41 Å². The van der Waals surface area contributed by atoms with Crippen LogP contribution in [0.1, 0.15) is 58.6 Å². The van der Waals surface area contributed by atoms with Gasteiger partial charge in [-0.3, -0.25) is 9.69 Å². The van der Waals surface area contributed by atoms with Crippen molar-refractivity contribution < 1.29 is 13.6 Å². The summed E-state index contributed by atoms with van der Waals surface area (Å²) in [5.74, 6) is -0.0914. The minimum absolute atomic E-state index is 0.0921. The van der Waals surface area contributed by atoms with E-state index in [4.69, 9.17) is 11.6 Å². The largest absolute Gasteiger partial charge is 0.350 e. The number of alkyl halides is 1. The first kappa shape index (κ1) is 24.6. The number of carbonyl (C=O) groups is 1. The summed E-state index contributed by atoms with van der Waals surface area (Å²) >= 11 is 7.94. The third-order valence-electron chi connectivity index (χ3n) is 6.51. The molecule has 11 heteroatoms. The van der Waals surface area contributed by atoms with Crippen molar-refractivity contribution in [3.05, 3.63) is 63.1 Å². The van der Waals surface area contributed by atoms with Crippen LogP contribution in [0.5, 0.6) is 0 Å². The molecular formula is C24H25ClF2N5OPS. The van der Waals surface area contributed by atoms with Gasteiger partial charge in [-0.25, -0.2) is 23.7 Å². The summed E-state index contributed by atoms with van der Waals surface area (Å²) in [5.41, 5.74) is 3.81. The maximum absolute atomic E-state index is 14.5. The van der Waals surface area contributed by atoms with Gasteiger partial charge in [-0.15, -0.1) is 11.3 Å². The topological polar surface area (TPSA) is 71.0 Å². The zero-order chi connectivity index (χ0) is 24.6. The van der Waals surface area contributed by atoms with Gasteiger partial charge >= 0.3 is 0 Å². The molecule has 6 nitrogen and oxygen atoms in total. The van der Waals surface area contributed by atoms with Crippen molar-refractivity contribution in [2.45, 2.75) is 43.1 Å². The number of rotatable bonds is 7. The second kappa shape index (κ2) is 10.1. The summed E-state index contributed by atoms with van der Waals surface area (Å²) in [4.78, 5) is 29.2. The lowest BCUT2D eigenvalue weighted by atomic mass is 10.0. The van der Waals surface area contributed by atoms with E-state index in [0.29, 0.717) is 54.8 Å². The Morgan fingerprint density at radius 2 is 1.97 bits per heavy atom. The molecule has 2 aromatic heterocycles. The minimum atomic E-state index is -1.24. The maximum atomic E-state index is 14.5. The third kappa shape index (κ3) is 5.69. The van der Waals surface area contributed by atoms with Crippen molar-refractivity contribution >= 4 is 38.1 Å². The molecule has 3 heterocycles. The number of benzene rings is 1. The third-order valence-corrected chi connectivity index (χ3v) is 8.36. The smallest absolute Gasteiger partial charge is 0.252 e. The fourth-order valence-electron chi connectivity index (χ4n) is 4.36. The van der Waals surface area contributed by atoms with E-state index in [9.17, 15) is 13.6 Å². The molecule has 2 fully saturated rings. The van der Waals surface area contributed by atoms with E-state index in [0.717, 1.165) is 35.8 Å². The van der Waals surface area contributed by atoms with Gasteiger partial charge < -0.3 is 5.32 Å². The van der Waals surface area contributed by atoms with Crippen LogP contribution in [-0.2, 0) is 0 Å². The predicted octanol–water partition coefficient (Wildman–Crippen LogP) is 5.38. The zero-order valence-corrected chi connectivity index (χ0v) is 21.6. The van der Waals surface area contributed by atoms with Crippen molar-refractivity contribution in [2.75, 3.05) is 19.6 Å². The van der Waals surface area contributed by atoms with Crippen molar-refractivity contribution in [3.63, 3.8) is 0 Å². The number of hydrogen-bond donors (Lipinski definition) is 1. The number of halogens is 3. The van der Waals surface area contributed by atoms with Crippen LogP contribution in [0.4, 0.5) is 8.78 Å². The van der Waals surface area contributed by atoms with E-state index >= 15 is 0 Å². The van der Waals surface area contributed by atoms with Crippen LogP contribution >= 0.6 is 32.2 Å². The summed E-state index contributed by atoms with van der Waals surface area (Å²) in [6.45, 7) is 1.55. The molecule has 184 valence electrons. The van der Waals surface area contributed by atoms with Gasteiger partial charge in [0.05, 0.1) is 40.2 Å². The maximum Gasteiger partial charge on any atom is 0.252 e. The summed E-state index contributed by atoms with van der Waals surface area (Å²) in [5, 5.41) is 2.09. The highest BCUT2D eigenvalue weighted by Gasteiger charge is 2.37. The number of aromatic nitrogens is 3. The standard InChI is InChI=1S/C24H25ClF2N5OPS/c25-18-4-3-15(22-28-10-16(26)11-29-22)9-17(18)23(33)30-12-19(32-7-5-24(27,34)6-8-32)21-20(14-1-2-14)31-13-35-21/h3-4,9-11,13-14,19H,1-2,5-8,12,34H2,(H,30,33). The molecule has 0 radical (unpaired) electrons. The Bertz CT molecular complexity index is 1210. The lowest BCUT2D eigenvalue weighted by molar-refractivity contribution is 0.0833. The Kier molecular flexibility index (Phi) is 7.13. The van der Waals surface area contributed by atoms with E-state index in [1.807, 2.05) is 5.51 Å². The molecular weight excluding hydrogens is 511 g/mol. The van der Waals surface area contributed by atoms with Crippen LogP contribution < -0.4 is 5.32 Å². The van der Waals surface area contributed by atoms with Crippen LogP contribution in [0.25, 0.3) is 11.4 Å². The van der Waals surface area contributed by atoms with Gasteiger partial charge in [-0.05, 0) is 43.9 Å². The number of carbonyl (C=O) groups excluding carboxylic acids is 1. The molecule has 2 atom stereocenters. The van der Waals surface area contributed by atoms with Crippen LogP contribution in [-0.4, -0.2) is 50.8 Å². The first-order chi connectivity index (χ1) is 16.8. The molecule has 1 aliphatic heterocycles. The monoisotopic (exact) mass is 535 g/mol. The van der Waals surface area contributed by atoms with Gasteiger partial charge in [0, 0.05) is 36.0 Å².